The number of benzene rings is 1. The molecule has 0 aliphatic heterocycles. The van der Waals surface area contributed by atoms with E-state index in [4.69, 9.17) is 0 Å². The van der Waals surface area contributed by atoms with Gasteiger partial charge in [0, 0.05) is 33.7 Å². The SMILES string of the molecule is CC1CCCC(S(=O)CC(=O)c2cccc([N+](=O)[O-])c2)C1. The number of hydrogen-bond donors (Lipinski definition) is 0. The standard InChI is InChI=1S/C15H19NO4S/c1-11-4-2-7-14(8-11)21(20)10-15(17)12-5-3-6-13(9-12)16(18)19/h3,5-6,9,11,14H,2,4,7-8,10H2,1H3. The molecule has 1 fully saturated rings. The molecule has 2 rings (SSSR count). The Morgan fingerprint density at radius 3 is 2.86 bits per heavy atom. The quantitative estimate of drug-likeness (QED) is 0.475. The van der Waals surface area contributed by atoms with Crippen molar-refractivity contribution in [2.45, 2.75) is 37.9 Å². The van der Waals surface area contributed by atoms with Gasteiger partial charge in [0.2, 0.25) is 0 Å². The highest BCUT2D eigenvalue weighted by Gasteiger charge is 2.25. The molecule has 3 unspecified atom stereocenters. The Labute approximate surface area is 126 Å². The smallest absolute Gasteiger partial charge is 0.270 e. The summed E-state index contributed by atoms with van der Waals surface area (Å²) in [6, 6.07) is 5.62. The lowest BCUT2D eigenvalue weighted by molar-refractivity contribution is -0.384. The minimum absolute atomic E-state index is 0.0431. The molecule has 0 saturated heterocycles. The third-order valence-electron chi connectivity index (χ3n) is 3.91. The van der Waals surface area contributed by atoms with Crippen molar-refractivity contribution in [1.29, 1.82) is 0 Å². The highest BCUT2D eigenvalue weighted by Crippen LogP contribution is 2.27. The molecule has 1 aromatic carbocycles. The summed E-state index contributed by atoms with van der Waals surface area (Å²) >= 11 is 0. The first-order valence-corrected chi connectivity index (χ1v) is 8.50. The summed E-state index contributed by atoms with van der Waals surface area (Å²) in [6.45, 7) is 2.14. The van der Waals surface area contributed by atoms with E-state index in [0.29, 0.717) is 5.92 Å². The molecule has 114 valence electrons. The molecule has 1 aliphatic rings. The number of nitro benzene ring substituents is 1. The maximum Gasteiger partial charge on any atom is 0.270 e. The maximum atomic E-state index is 12.3. The second-order valence-electron chi connectivity index (χ2n) is 5.65. The summed E-state index contributed by atoms with van der Waals surface area (Å²) in [7, 11) is -1.19. The molecular formula is C15H19NO4S. The van der Waals surface area contributed by atoms with Crippen LogP contribution < -0.4 is 0 Å². The average molecular weight is 309 g/mol. The van der Waals surface area contributed by atoms with Gasteiger partial charge >= 0.3 is 0 Å². The summed E-state index contributed by atoms with van der Waals surface area (Å²) in [6.07, 6.45) is 4.02. The summed E-state index contributed by atoms with van der Waals surface area (Å²) < 4.78 is 12.3. The van der Waals surface area contributed by atoms with E-state index in [1.54, 1.807) is 0 Å². The number of hydrogen-bond acceptors (Lipinski definition) is 4. The minimum atomic E-state index is -1.19. The number of nitro groups is 1. The Morgan fingerprint density at radius 2 is 2.19 bits per heavy atom. The van der Waals surface area contributed by atoms with E-state index in [1.807, 2.05) is 0 Å². The zero-order valence-electron chi connectivity index (χ0n) is 12.0. The number of rotatable bonds is 5. The van der Waals surface area contributed by atoms with Crippen LogP contribution in [0.2, 0.25) is 0 Å². The lowest BCUT2D eigenvalue weighted by Gasteiger charge is -2.25. The molecule has 1 aromatic rings. The molecule has 0 N–H and O–H groups in total. The van der Waals surface area contributed by atoms with E-state index >= 15 is 0 Å². The molecule has 1 saturated carbocycles. The average Bonchev–Trinajstić information content (AvgIpc) is 2.47. The molecule has 1 aliphatic carbocycles. The number of carbonyl (C=O) groups excluding carboxylic acids is 1. The van der Waals surface area contributed by atoms with Crippen molar-refractivity contribution in [3.8, 4) is 0 Å². The predicted molar refractivity (Wildman–Crippen MR) is 81.9 cm³/mol. The Morgan fingerprint density at radius 1 is 1.43 bits per heavy atom. The van der Waals surface area contributed by atoms with Crippen LogP contribution in [0.4, 0.5) is 5.69 Å². The van der Waals surface area contributed by atoms with E-state index in [0.717, 1.165) is 25.7 Å². The fourth-order valence-electron chi connectivity index (χ4n) is 2.74. The van der Waals surface area contributed by atoms with Gasteiger partial charge in [0.25, 0.3) is 5.69 Å². The third kappa shape index (κ3) is 4.20. The zero-order valence-corrected chi connectivity index (χ0v) is 12.8. The van der Waals surface area contributed by atoms with Crippen molar-refractivity contribution in [3.05, 3.63) is 39.9 Å². The van der Waals surface area contributed by atoms with Crippen molar-refractivity contribution in [2.75, 3.05) is 5.75 Å². The van der Waals surface area contributed by atoms with Crippen molar-refractivity contribution >= 4 is 22.3 Å². The molecule has 0 bridgehead atoms. The minimum Gasteiger partial charge on any atom is -0.293 e. The molecule has 0 amide bonds. The first-order valence-electron chi connectivity index (χ1n) is 7.12. The van der Waals surface area contributed by atoms with Crippen molar-refractivity contribution in [3.63, 3.8) is 0 Å². The number of ketones is 1. The topological polar surface area (TPSA) is 77.3 Å². The Bertz CT molecular complexity index is 573. The summed E-state index contributed by atoms with van der Waals surface area (Å²) in [4.78, 5) is 22.3. The second kappa shape index (κ2) is 6.93. The molecule has 0 aromatic heterocycles. The van der Waals surface area contributed by atoms with Gasteiger partial charge in [-0.25, -0.2) is 0 Å². The van der Waals surface area contributed by atoms with Gasteiger partial charge in [-0.3, -0.25) is 19.1 Å². The first-order chi connectivity index (χ1) is 9.97. The number of non-ortho nitro benzene ring substituents is 1. The summed E-state index contributed by atoms with van der Waals surface area (Å²) in [5.41, 5.74) is 0.152. The van der Waals surface area contributed by atoms with Crippen molar-refractivity contribution in [2.24, 2.45) is 5.92 Å². The number of carbonyl (C=O) groups is 1. The van der Waals surface area contributed by atoms with Crippen LogP contribution in [0, 0.1) is 16.0 Å². The highest BCUT2D eigenvalue weighted by molar-refractivity contribution is 7.86. The number of nitrogens with zero attached hydrogens (tertiary/aromatic N) is 1. The number of Topliss-reactive ketones (excluding diaryl/α,β-unsaturated/α-hetero) is 1. The fraction of sp³-hybridized carbons (Fsp3) is 0.533. The fourth-order valence-corrected chi connectivity index (χ4v) is 4.37. The Balaban J connectivity index is 2.02. The monoisotopic (exact) mass is 309 g/mol. The lowest BCUT2D eigenvalue weighted by Crippen LogP contribution is -2.27. The second-order valence-corrected chi connectivity index (χ2v) is 7.37. The predicted octanol–water partition coefficient (Wildman–Crippen LogP) is 3.10. The molecule has 21 heavy (non-hydrogen) atoms. The van der Waals surface area contributed by atoms with Gasteiger partial charge in [0.05, 0.1) is 10.7 Å². The van der Waals surface area contributed by atoms with Crippen molar-refractivity contribution in [1.82, 2.24) is 0 Å². The van der Waals surface area contributed by atoms with E-state index in [-0.39, 0.29) is 28.0 Å². The molecule has 0 radical (unpaired) electrons. The van der Waals surface area contributed by atoms with Gasteiger partial charge in [0.1, 0.15) is 0 Å². The first kappa shape index (κ1) is 15.8. The molecule has 3 atom stereocenters. The maximum absolute atomic E-state index is 12.3. The van der Waals surface area contributed by atoms with Gasteiger partial charge in [-0.2, -0.15) is 0 Å². The Hall–Kier alpha value is -1.56. The third-order valence-corrected chi connectivity index (χ3v) is 5.63. The van der Waals surface area contributed by atoms with Gasteiger partial charge in [-0.15, -0.1) is 0 Å². The largest absolute Gasteiger partial charge is 0.293 e. The van der Waals surface area contributed by atoms with E-state index < -0.39 is 15.7 Å². The van der Waals surface area contributed by atoms with Crippen LogP contribution in [0.25, 0.3) is 0 Å². The van der Waals surface area contributed by atoms with Crippen LogP contribution in [-0.2, 0) is 10.8 Å². The van der Waals surface area contributed by atoms with Crippen LogP contribution in [0.3, 0.4) is 0 Å². The van der Waals surface area contributed by atoms with Crippen LogP contribution in [0.5, 0.6) is 0 Å². The molecule has 0 heterocycles. The highest BCUT2D eigenvalue weighted by atomic mass is 32.2. The van der Waals surface area contributed by atoms with E-state index in [2.05, 4.69) is 6.92 Å². The molecule has 6 heteroatoms. The lowest BCUT2D eigenvalue weighted by atomic mass is 9.91. The molecular weight excluding hydrogens is 290 g/mol. The van der Waals surface area contributed by atoms with Gasteiger partial charge < -0.3 is 0 Å². The summed E-state index contributed by atoms with van der Waals surface area (Å²) in [5, 5.41) is 10.8. The molecule has 0 spiro atoms. The van der Waals surface area contributed by atoms with E-state index in [9.17, 15) is 19.1 Å². The molecule has 5 nitrogen and oxygen atoms in total. The van der Waals surface area contributed by atoms with Crippen LogP contribution in [0.1, 0.15) is 43.0 Å². The van der Waals surface area contributed by atoms with Crippen LogP contribution in [-0.4, -0.2) is 25.9 Å². The van der Waals surface area contributed by atoms with E-state index in [1.165, 1.54) is 24.3 Å². The van der Waals surface area contributed by atoms with Gasteiger partial charge in [-0.05, 0) is 18.8 Å². The van der Waals surface area contributed by atoms with Crippen LogP contribution in [0.15, 0.2) is 24.3 Å². The van der Waals surface area contributed by atoms with Gasteiger partial charge in [0.15, 0.2) is 5.78 Å². The van der Waals surface area contributed by atoms with Gasteiger partial charge in [-0.1, -0.05) is 31.9 Å². The normalized spacial score (nSPS) is 23.5. The summed E-state index contributed by atoms with van der Waals surface area (Å²) in [5.74, 6) is 0.231. The zero-order chi connectivity index (χ0) is 15.4. The van der Waals surface area contributed by atoms with Crippen LogP contribution >= 0.6 is 0 Å². The van der Waals surface area contributed by atoms with Crippen molar-refractivity contribution < 1.29 is 13.9 Å². The Kier molecular flexibility index (Phi) is 5.22.